The van der Waals surface area contributed by atoms with E-state index in [0.717, 1.165) is 38.5 Å². The number of amides is 1. The topological polar surface area (TPSA) is 95.9 Å². The summed E-state index contributed by atoms with van der Waals surface area (Å²) in [5.74, 6) is -0.0430. The summed E-state index contributed by atoms with van der Waals surface area (Å²) < 4.78 is 5.49. The molecule has 6 heteroatoms. The van der Waals surface area contributed by atoms with Crippen molar-refractivity contribution in [3.63, 3.8) is 0 Å². The van der Waals surface area contributed by atoms with E-state index in [1.807, 2.05) is 6.08 Å². The largest absolute Gasteiger partial charge is 0.466 e. The van der Waals surface area contributed by atoms with E-state index in [1.165, 1.54) is 327 Å². The smallest absolute Gasteiger partial charge is 0.305 e. The Kier molecular flexibility index (Phi) is 63.9. The summed E-state index contributed by atoms with van der Waals surface area (Å²) in [5.41, 5.74) is 0. The molecule has 0 aromatic heterocycles. The maximum absolute atomic E-state index is 12.5. The Morgan fingerprint density at radius 2 is 0.613 bits per heavy atom. The van der Waals surface area contributed by atoms with E-state index in [9.17, 15) is 19.8 Å². The van der Waals surface area contributed by atoms with Crippen molar-refractivity contribution < 1.29 is 24.5 Å². The number of nitrogens with one attached hydrogen (secondary N) is 1. The molecule has 2 atom stereocenters. The molecule has 0 spiro atoms. The van der Waals surface area contributed by atoms with Gasteiger partial charge in [-0.1, -0.05) is 360 Å². The zero-order valence-electron chi connectivity index (χ0n) is 51.1. The first-order chi connectivity index (χ1) is 37.0. The predicted octanol–water partition coefficient (Wildman–Crippen LogP) is 22.0. The van der Waals surface area contributed by atoms with Gasteiger partial charge in [-0.2, -0.15) is 0 Å². The van der Waals surface area contributed by atoms with Crippen molar-refractivity contribution in [2.75, 3.05) is 13.2 Å². The van der Waals surface area contributed by atoms with Crippen LogP contribution in [-0.2, 0) is 14.3 Å². The van der Waals surface area contributed by atoms with E-state index < -0.39 is 12.1 Å². The minimum atomic E-state index is -0.843. The number of hydrogen-bond donors (Lipinski definition) is 3. The van der Waals surface area contributed by atoms with Crippen LogP contribution in [0.2, 0.25) is 0 Å². The minimum Gasteiger partial charge on any atom is -0.466 e. The molecule has 446 valence electrons. The van der Waals surface area contributed by atoms with Crippen molar-refractivity contribution in [3.8, 4) is 0 Å². The van der Waals surface area contributed by atoms with Crippen LogP contribution in [0.1, 0.15) is 393 Å². The Morgan fingerprint density at radius 1 is 0.360 bits per heavy atom. The molecule has 0 heterocycles. The molecule has 6 nitrogen and oxygen atoms in total. The third-order valence-electron chi connectivity index (χ3n) is 16.3. The molecule has 0 aromatic rings. The molecule has 1 amide bonds. The lowest BCUT2D eigenvalue weighted by Gasteiger charge is -2.20. The molecular formula is C69H135NO5. The third kappa shape index (κ3) is 61.7. The van der Waals surface area contributed by atoms with Crippen molar-refractivity contribution in [1.82, 2.24) is 5.32 Å². The summed E-state index contributed by atoms with van der Waals surface area (Å²) in [5, 5.41) is 23.2. The monoisotopic (exact) mass is 1060 g/mol. The molecule has 0 saturated carbocycles. The molecular weight excluding hydrogens is 923 g/mol. The van der Waals surface area contributed by atoms with Gasteiger partial charge >= 0.3 is 5.97 Å². The van der Waals surface area contributed by atoms with Gasteiger partial charge in [0.2, 0.25) is 5.91 Å². The van der Waals surface area contributed by atoms with Gasteiger partial charge in [-0.15, -0.1) is 0 Å². The predicted molar refractivity (Wildman–Crippen MR) is 329 cm³/mol. The molecule has 0 aromatic carbocycles. The second kappa shape index (κ2) is 65.1. The van der Waals surface area contributed by atoms with E-state index in [1.54, 1.807) is 6.08 Å². The molecule has 0 rings (SSSR count). The van der Waals surface area contributed by atoms with Crippen LogP contribution in [0.25, 0.3) is 0 Å². The van der Waals surface area contributed by atoms with Gasteiger partial charge in [0.1, 0.15) is 0 Å². The van der Waals surface area contributed by atoms with Crippen molar-refractivity contribution in [1.29, 1.82) is 0 Å². The van der Waals surface area contributed by atoms with Crippen LogP contribution >= 0.6 is 0 Å². The molecule has 0 aliphatic heterocycles. The standard InChI is InChI=1S/C69H135NO5/c1-3-5-7-9-11-13-15-17-19-20-28-31-34-37-41-45-49-53-57-61-67(72)66(65-71)70-68(73)62-58-54-50-46-42-38-35-32-29-26-24-22-21-23-25-27-30-33-36-40-44-48-52-56-60-64-75-69(74)63-59-55-51-47-43-39-18-16-14-12-10-8-6-4-2/h57,61,66-67,71-72H,3-56,58-60,62-65H2,1-2H3,(H,70,73)/b61-57+. The third-order valence-corrected chi connectivity index (χ3v) is 16.3. The van der Waals surface area contributed by atoms with Crippen molar-refractivity contribution >= 4 is 11.9 Å². The number of rotatable bonds is 65. The average molecular weight is 1060 g/mol. The maximum Gasteiger partial charge on any atom is 0.305 e. The quantitative estimate of drug-likeness (QED) is 0.0320. The molecule has 0 fully saturated rings. The molecule has 0 saturated heterocycles. The van der Waals surface area contributed by atoms with Gasteiger partial charge in [0.25, 0.3) is 0 Å². The van der Waals surface area contributed by atoms with Crippen LogP contribution in [0, 0.1) is 0 Å². The van der Waals surface area contributed by atoms with Crippen molar-refractivity contribution in [2.24, 2.45) is 0 Å². The van der Waals surface area contributed by atoms with Crippen molar-refractivity contribution in [2.45, 2.75) is 405 Å². The fraction of sp³-hybridized carbons (Fsp3) is 0.942. The Bertz CT molecular complexity index is 1130. The SMILES string of the molecule is CCCCCCCCCCCCCCCCCCC/C=C/C(O)C(CO)NC(=O)CCCCCCCCCCCCCCCCCCCCCCCCCCCOC(=O)CCCCCCCCCCCCCCCC. The Balaban J connectivity index is 3.37. The minimum absolute atomic E-state index is 0.0192. The second-order valence-corrected chi connectivity index (χ2v) is 23.9. The van der Waals surface area contributed by atoms with Crippen LogP contribution in [0.3, 0.4) is 0 Å². The molecule has 75 heavy (non-hydrogen) atoms. The summed E-state index contributed by atoms with van der Waals surface area (Å²) in [6.45, 7) is 4.95. The molecule has 2 unspecified atom stereocenters. The van der Waals surface area contributed by atoms with Crippen LogP contribution in [0.4, 0.5) is 0 Å². The van der Waals surface area contributed by atoms with Crippen LogP contribution in [0.15, 0.2) is 12.2 Å². The number of esters is 1. The van der Waals surface area contributed by atoms with Gasteiger partial charge in [-0.3, -0.25) is 9.59 Å². The first-order valence-corrected chi connectivity index (χ1v) is 34.5. The van der Waals surface area contributed by atoms with Crippen LogP contribution in [0.5, 0.6) is 0 Å². The fourth-order valence-electron chi connectivity index (χ4n) is 11.1. The highest BCUT2D eigenvalue weighted by Gasteiger charge is 2.18. The van der Waals surface area contributed by atoms with Crippen LogP contribution in [-0.4, -0.2) is 47.4 Å². The maximum atomic E-state index is 12.5. The highest BCUT2D eigenvalue weighted by molar-refractivity contribution is 5.76. The van der Waals surface area contributed by atoms with Gasteiger partial charge in [0.05, 0.1) is 25.4 Å². The van der Waals surface area contributed by atoms with E-state index in [2.05, 4.69) is 19.2 Å². The molecule has 0 aliphatic rings. The number of allylic oxidation sites excluding steroid dienone is 1. The summed E-state index contributed by atoms with van der Waals surface area (Å²) in [6.07, 6.45) is 79.9. The van der Waals surface area contributed by atoms with Crippen LogP contribution < -0.4 is 5.32 Å². The van der Waals surface area contributed by atoms with E-state index in [-0.39, 0.29) is 18.5 Å². The Morgan fingerprint density at radius 3 is 0.907 bits per heavy atom. The van der Waals surface area contributed by atoms with Gasteiger partial charge in [-0.25, -0.2) is 0 Å². The number of hydrogen-bond acceptors (Lipinski definition) is 5. The summed E-state index contributed by atoms with van der Waals surface area (Å²) in [7, 11) is 0. The van der Waals surface area contributed by atoms with Gasteiger partial charge in [-0.05, 0) is 32.1 Å². The summed E-state index contributed by atoms with van der Waals surface area (Å²) >= 11 is 0. The van der Waals surface area contributed by atoms with Gasteiger partial charge in [0, 0.05) is 12.8 Å². The molecule has 0 aliphatic carbocycles. The van der Waals surface area contributed by atoms with Crippen molar-refractivity contribution in [3.05, 3.63) is 12.2 Å². The number of aliphatic hydroxyl groups is 2. The average Bonchev–Trinajstić information content (AvgIpc) is 3.41. The Hall–Kier alpha value is -1.40. The lowest BCUT2D eigenvalue weighted by Crippen LogP contribution is -2.45. The van der Waals surface area contributed by atoms with E-state index in [0.29, 0.717) is 19.4 Å². The number of unbranched alkanes of at least 4 members (excludes halogenated alkanes) is 54. The molecule has 3 N–H and O–H groups in total. The highest BCUT2D eigenvalue weighted by Crippen LogP contribution is 2.19. The lowest BCUT2D eigenvalue weighted by atomic mass is 10.0. The van der Waals surface area contributed by atoms with E-state index in [4.69, 9.17) is 4.74 Å². The van der Waals surface area contributed by atoms with Gasteiger partial charge in [0.15, 0.2) is 0 Å². The summed E-state index contributed by atoms with van der Waals surface area (Å²) in [6, 6.07) is -0.626. The first kappa shape index (κ1) is 73.6. The van der Waals surface area contributed by atoms with E-state index >= 15 is 0 Å². The number of aliphatic hydroxyl groups excluding tert-OH is 2. The highest BCUT2D eigenvalue weighted by atomic mass is 16.5. The number of carbonyl (C=O) groups is 2. The fourth-order valence-corrected chi connectivity index (χ4v) is 11.1. The molecule has 0 radical (unpaired) electrons. The number of ether oxygens (including phenoxy) is 1. The second-order valence-electron chi connectivity index (χ2n) is 23.9. The zero-order chi connectivity index (χ0) is 54.3. The first-order valence-electron chi connectivity index (χ1n) is 34.5. The lowest BCUT2D eigenvalue weighted by molar-refractivity contribution is -0.143. The molecule has 0 bridgehead atoms. The summed E-state index contributed by atoms with van der Waals surface area (Å²) in [4.78, 5) is 24.6. The Labute approximate surface area is 469 Å². The normalized spacial score (nSPS) is 12.5. The van der Waals surface area contributed by atoms with Gasteiger partial charge < -0.3 is 20.3 Å². The zero-order valence-corrected chi connectivity index (χ0v) is 51.1. The number of carbonyl (C=O) groups excluding carboxylic acids is 2.